The van der Waals surface area contributed by atoms with Gasteiger partial charge in [0.15, 0.2) is 26.0 Å². The van der Waals surface area contributed by atoms with Crippen LogP contribution in [0.1, 0.15) is 57.5 Å². The van der Waals surface area contributed by atoms with Crippen LogP contribution in [0.15, 0.2) is 91.4 Å². The number of carbonyl (C=O) groups is 2. The van der Waals surface area contributed by atoms with Crippen LogP contribution in [0.5, 0.6) is 11.5 Å². The highest BCUT2D eigenvalue weighted by atomic mass is 28.4. The molecule has 58 heavy (non-hydrogen) atoms. The molecule has 0 radical (unpaired) electrons. The Morgan fingerprint density at radius 2 is 1.50 bits per heavy atom. The van der Waals surface area contributed by atoms with Crippen LogP contribution in [0.3, 0.4) is 0 Å². The fraction of sp³-hybridized carbons (Fsp3) is 0.409. The summed E-state index contributed by atoms with van der Waals surface area (Å²) in [7, 11) is 0.547. The lowest BCUT2D eigenvalue weighted by molar-refractivity contribution is -0.150. The van der Waals surface area contributed by atoms with Crippen molar-refractivity contribution >= 4 is 37.0 Å². The number of halogens is 1. The van der Waals surface area contributed by atoms with Gasteiger partial charge in [-0.2, -0.15) is 0 Å². The third-order valence-electron chi connectivity index (χ3n) is 11.5. The number of anilines is 1. The van der Waals surface area contributed by atoms with Crippen molar-refractivity contribution < 1.29 is 42.5 Å². The maximum atomic E-state index is 16.0. The Morgan fingerprint density at radius 3 is 2.02 bits per heavy atom. The number of amides is 1. The molecule has 1 aliphatic rings. The Labute approximate surface area is 339 Å². The Kier molecular flexibility index (Phi) is 12.4. The number of nitrogens with zero attached hydrogens (tertiary/aromatic N) is 3. The summed E-state index contributed by atoms with van der Waals surface area (Å²) in [4.78, 5) is 34.9. The summed E-state index contributed by atoms with van der Waals surface area (Å²) in [5.41, 5.74) is 1.16. The number of aromatic nitrogens is 3. The molecule has 0 aliphatic carbocycles. The van der Waals surface area contributed by atoms with E-state index in [4.69, 9.17) is 23.4 Å². The summed E-state index contributed by atoms with van der Waals surface area (Å²) < 4.78 is 49.2. The van der Waals surface area contributed by atoms with Crippen molar-refractivity contribution in [1.82, 2.24) is 14.5 Å². The first kappa shape index (κ1) is 42.5. The first-order valence-electron chi connectivity index (χ1n) is 19.3. The van der Waals surface area contributed by atoms with Crippen LogP contribution in [0.2, 0.25) is 18.1 Å². The van der Waals surface area contributed by atoms with E-state index in [9.17, 15) is 14.7 Å². The Morgan fingerprint density at radius 1 is 0.931 bits per heavy atom. The number of hydrogen-bond acceptors (Lipinski definition) is 9. The molecule has 0 saturated carbocycles. The third kappa shape index (κ3) is 8.24. The normalized spacial score (nSPS) is 18.0. The smallest absolute Gasteiger partial charge is 0.309 e. The minimum atomic E-state index is -2.64. The number of carboxylic acids is 1. The van der Waals surface area contributed by atoms with E-state index in [0.29, 0.717) is 11.5 Å². The molecule has 3 heterocycles. The molecule has 1 fully saturated rings. The van der Waals surface area contributed by atoms with Crippen molar-refractivity contribution in [2.75, 3.05) is 32.8 Å². The number of carboxylic acid groups (broad SMARTS) is 1. The maximum absolute atomic E-state index is 16.0. The number of benzene rings is 3. The van der Waals surface area contributed by atoms with Gasteiger partial charge >= 0.3 is 5.97 Å². The van der Waals surface area contributed by atoms with Crippen LogP contribution in [0, 0.1) is 23.6 Å². The Bertz CT molecular complexity index is 2160. The highest BCUT2D eigenvalue weighted by molar-refractivity contribution is 6.74. The van der Waals surface area contributed by atoms with Gasteiger partial charge in [-0.05, 0) is 59.1 Å². The summed E-state index contributed by atoms with van der Waals surface area (Å²) in [6, 6.07) is 24.7. The molecule has 308 valence electrons. The van der Waals surface area contributed by atoms with Gasteiger partial charge in [0.25, 0.3) is 0 Å². The lowest BCUT2D eigenvalue weighted by Crippen LogP contribution is -2.49. The number of ether oxygens (including phenoxy) is 4. The van der Waals surface area contributed by atoms with E-state index < -0.39 is 49.9 Å². The van der Waals surface area contributed by atoms with Gasteiger partial charge in [0.05, 0.1) is 44.8 Å². The predicted octanol–water partition coefficient (Wildman–Crippen LogP) is 8.43. The fourth-order valence-electron chi connectivity index (χ4n) is 7.11. The van der Waals surface area contributed by atoms with E-state index in [0.717, 1.165) is 16.7 Å². The molecule has 0 spiro atoms. The second-order valence-corrected chi connectivity index (χ2v) is 21.2. The number of nitrogens with one attached hydrogen (secondary N) is 1. The lowest BCUT2D eigenvalue weighted by Gasteiger charge is -2.42. The molecular formula is C44H53FN4O8Si. The molecule has 14 heteroatoms. The average molecular weight is 813 g/mol. The summed E-state index contributed by atoms with van der Waals surface area (Å²) in [6.45, 7) is 13.6. The van der Waals surface area contributed by atoms with Crippen LogP contribution in [0.4, 0.5) is 10.2 Å². The van der Waals surface area contributed by atoms with E-state index in [1.54, 1.807) is 28.1 Å². The highest BCUT2D eigenvalue weighted by Gasteiger charge is 2.52. The van der Waals surface area contributed by atoms with E-state index in [1.807, 2.05) is 78.9 Å². The lowest BCUT2D eigenvalue weighted by atomic mass is 9.79. The van der Waals surface area contributed by atoms with Crippen molar-refractivity contribution in [3.05, 3.63) is 114 Å². The molecule has 6 rings (SSSR count). The van der Waals surface area contributed by atoms with Gasteiger partial charge in [-0.25, -0.2) is 14.4 Å². The van der Waals surface area contributed by atoms with Crippen LogP contribution >= 0.6 is 0 Å². The fourth-order valence-corrected chi connectivity index (χ4v) is 8.44. The van der Waals surface area contributed by atoms with Gasteiger partial charge in [0, 0.05) is 18.0 Å². The molecule has 4 atom stereocenters. The first-order valence-corrected chi connectivity index (χ1v) is 22.3. The molecule has 3 aromatic carbocycles. The summed E-state index contributed by atoms with van der Waals surface area (Å²) in [5, 5.41) is 13.6. The van der Waals surface area contributed by atoms with Crippen LogP contribution in [-0.4, -0.2) is 73.4 Å². The zero-order valence-corrected chi connectivity index (χ0v) is 35.5. The first-order chi connectivity index (χ1) is 27.5. The van der Waals surface area contributed by atoms with Gasteiger partial charge in [0.2, 0.25) is 5.91 Å². The monoisotopic (exact) mass is 812 g/mol. The van der Waals surface area contributed by atoms with Crippen molar-refractivity contribution in [1.29, 1.82) is 0 Å². The maximum Gasteiger partial charge on any atom is 0.309 e. The summed E-state index contributed by atoms with van der Waals surface area (Å²) in [5.74, 6) is -3.05. The molecule has 0 unspecified atom stereocenters. The van der Waals surface area contributed by atoms with Gasteiger partial charge in [0.1, 0.15) is 29.2 Å². The summed E-state index contributed by atoms with van der Waals surface area (Å²) >= 11 is 0. The SMILES string of the molecule is COc1ccc(C(OC[C@H](C(=O)O)[C@H]2CO[C@@H](n3cc(F)c4c(NC(=O)C(C)C)ncnc43)[C@@H]2O[Si](C)(C)C(C)(C)C)(c2ccccc2)c2ccc(OC)cc2)cc1. The van der Waals surface area contributed by atoms with Crippen molar-refractivity contribution in [2.45, 2.75) is 70.7 Å². The summed E-state index contributed by atoms with van der Waals surface area (Å²) in [6.07, 6.45) is 0.662. The third-order valence-corrected chi connectivity index (χ3v) is 16.0. The van der Waals surface area contributed by atoms with Crippen LogP contribution < -0.4 is 14.8 Å². The second-order valence-electron chi connectivity index (χ2n) is 16.4. The van der Waals surface area contributed by atoms with Gasteiger partial charge in [-0.3, -0.25) is 9.59 Å². The quantitative estimate of drug-likeness (QED) is 0.0781. The van der Waals surface area contributed by atoms with Crippen molar-refractivity contribution in [2.24, 2.45) is 17.8 Å². The van der Waals surface area contributed by atoms with Gasteiger partial charge in [-0.1, -0.05) is 89.2 Å². The molecule has 2 N–H and O–H groups in total. The second kappa shape index (κ2) is 17.0. The predicted molar refractivity (Wildman–Crippen MR) is 221 cm³/mol. The zero-order valence-electron chi connectivity index (χ0n) is 34.5. The van der Waals surface area contributed by atoms with E-state index in [-0.39, 0.29) is 46.9 Å². The number of fused-ring (bicyclic) bond motifs is 1. The number of rotatable bonds is 15. The van der Waals surface area contributed by atoms with Gasteiger partial charge in [-0.15, -0.1) is 0 Å². The minimum Gasteiger partial charge on any atom is -0.497 e. The number of hydrogen-bond donors (Lipinski definition) is 2. The molecule has 5 aromatic rings. The molecule has 2 aromatic heterocycles. The molecule has 0 bridgehead atoms. The van der Waals surface area contributed by atoms with E-state index in [2.05, 4.69) is 49.1 Å². The van der Waals surface area contributed by atoms with E-state index in [1.165, 1.54) is 17.1 Å². The molecule has 1 amide bonds. The Hall–Kier alpha value is -5.15. The molecular weight excluding hydrogens is 760 g/mol. The van der Waals surface area contributed by atoms with Crippen LogP contribution in [-0.2, 0) is 29.1 Å². The number of carbonyl (C=O) groups excluding carboxylic acids is 1. The standard InChI is InChI=1S/C44H53FN4O8Si/c1-27(2)40(50)48-38-36-35(45)23-49(39(36)47-26-46-38)41-37(57-58(8,9)43(3,4)5)33(24-55-41)34(42(51)52)25-56-44(28-13-11-10-12-14-28,29-15-19-31(53-6)20-16-29)30-17-21-32(54-7)22-18-30/h10-23,26-27,33-34,37,41H,24-25H2,1-9H3,(H,51,52)(H,46,47,48,50)/t33-,34+,37-,41-/m1/s1. The minimum absolute atomic E-state index is 0.0133. The zero-order chi connectivity index (χ0) is 42.0. The topological polar surface area (TPSA) is 143 Å². The molecule has 1 aliphatic heterocycles. The molecule has 12 nitrogen and oxygen atoms in total. The highest BCUT2D eigenvalue weighted by Crippen LogP contribution is 2.47. The average Bonchev–Trinajstić information content (AvgIpc) is 3.76. The number of methoxy groups -OCH3 is 2. The Balaban J connectivity index is 1.46. The van der Waals surface area contributed by atoms with Crippen LogP contribution in [0.25, 0.3) is 11.0 Å². The van der Waals surface area contributed by atoms with E-state index >= 15 is 4.39 Å². The largest absolute Gasteiger partial charge is 0.497 e. The van der Waals surface area contributed by atoms with Crippen molar-refractivity contribution in [3.63, 3.8) is 0 Å². The van der Waals surface area contributed by atoms with Crippen molar-refractivity contribution in [3.8, 4) is 11.5 Å². The molecule has 1 saturated heterocycles. The number of aliphatic carboxylic acids is 1. The van der Waals surface area contributed by atoms with Gasteiger partial charge < -0.3 is 38.4 Å².